The van der Waals surface area contributed by atoms with E-state index < -0.39 is 0 Å². The molecule has 0 aromatic carbocycles. The van der Waals surface area contributed by atoms with Gasteiger partial charge in [-0.3, -0.25) is 9.88 Å². The largest absolute Gasteiger partial charge is 0.309 e. The Morgan fingerprint density at radius 3 is 2.86 bits per heavy atom. The molecule has 0 spiro atoms. The molecule has 2 heterocycles. The zero-order chi connectivity index (χ0) is 14.8. The Labute approximate surface area is 126 Å². The van der Waals surface area contributed by atoms with Crippen molar-refractivity contribution in [2.75, 3.05) is 19.6 Å². The highest BCUT2D eigenvalue weighted by atomic mass is 19.1. The summed E-state index contributed by atoms with van der Waals surface area (Å²) in [6.07, 6.45) is 5.52. The molecule has 116 valence electrons. The lowest BCUT2D eigenvalue weighted by atomic mass is 9.96. The highest BCUT2D eigenvalue weighted by Crippen LogP contribution is 2.38. The number of nitrogens with one attached hydrogen (secondary N) is 1. The summed E-state index contributed by atoms with van der Waals surface area (Å²) in [7, 11) is 0. The van der Waals surface area contributed by atoms with Crippen molar-refractivity contribution in [2.45, 2.75) is 45.2 Å². The summed E-state index contributed by atoms with van der Waals surface area (Å²) in [6.45, 7) is 7.67. The number of nitrogens with zero attached hydrogens (tertiary/aromatic N) is 2. The van der Waals surface area contributed by atoms with Gasteiger partial charge in [-0.1, -0.05) is 13.8 Å². The molecule has 1 saturated carbocycles. The number of aromatic nitrogens is 1. The Morgan fingerprint density at radius 2 is 2.29 bits per heavy atom. The molecular weight excluding hydrogens is 265 g/mol. The number of hydrogen-bond donors (Lipinski definition) is 1. The summed E-state index contributed by atoms with van der Waals surface area (Å²) < 4.78 is 13.1. The predicted octanol–water partition coefficient (Wildman–Crippen LogP) is 2.99. The van der Waals surface area contributed by atoms with Crippen molar-refractivity contribution in [3.05, 3.63) is 29.8 Å². The van der Waals surface area contributed by atoms with E-state index in [2.05, 4.69) is 29.0 Å². The van der Waals surface area contributed by atoms with E-state index in [9.17, 15) is 4.39 Å². The molecule has 0 amide bonds. The van der Waals surface area contributed by atoms with E-state index in [0.717, 1.165) is 30.7 Å². The zero-order valence-corrected chi connectivity index (χ0v) is 13.1. The van der Waals surface area contributed by atoms with Crippen LogP contribution in [-0.2, 0) is 0 Å². The number of likely N-dealkylation sites (tertiary alicyclic amines) is 1. The fraction of sp³-hybridized carbons (Fsp3) is 0.706. The van der Waals surface area contributed by atoms with Crippen LogP contribution in [0.5, 0.6) is 0 Å². The van der Waals surface area contributed by atoms with Crippen LogP contribution >= 0.6 is 0 Å². The van der Waals surface area contributed by atoms with Crippen molar-refractivity contribution in [2.24, 2.45) is 11.8 Å². The Hall–Kier alpha value is -1.00. The van der Waals surface area contributed by atoms with E-state index in [-0.39, 0.29) is 11.9 Å². The lowest BCUT2D eigenvalue weighted by Crippen LogP contribution is -2.40. The third-order valence-electron chi connectivity index (χ3n) is 5.11. The Bertz CT molecular complexity index is 462. The Morgan fingerprint density at radius 1 is 1.43 bits per heavy atom. The van der Waals surface area contributed by atoms with Crippen LogP contribution < -0.4 is 5.32 Å². The smallest absolute Gasteiger partial charge is 0.141 e. The van der Waals surface area contributed by atoms with Gasteiger partial charge >= 0.3 is 0 Å². The fourth-order valence-corrected chi connectivity index (χ4v) is 4.11. The normalized spacial score (nSPS) is 28.0. The number of hydrogen-bond acceptors (Lipinski definition) is 3. The average Bonchev–Trinajstić information content (AvgIpc) is 3.08. The summed E-state index contributed by atoms with van der Waals surface area (Å²) in [6, 6.07) is 4.34. The molecule has 21 heavy (non-hydrogen) atoms. The van der Waals surface area contributed by atoms with Crippen LogP contribution in [0.3, 0.4) is 0 Å². The highest BCUT2D eigenvalue weighted by molar-refractivity contribution is 5.11. The molecule has 2 bridgehead atoms. The number of halogens is 1. The van der Waals surface area contributed by atoms with Gasteiger partial charge in [-0.15, -0.1) is 0 Å². The van der Waals surface area contributed by atoms with Gasteiger partial charge in [0.15, 0.2) is 0 Å². The molecule has 2 aliphatic rings. The van der Waals surface area contributed by atoms with Gasteiger partial charge in [-0.25, -0.2) is 4.39 Å². The predicted molar refractivity (Wildman–Crippen MR) is 82.5 cm³/mol. The van der Waals surface area contributed by atoms with Gasteiger partial charge in [0, 0.05) is 19.1 Å². The zero-order valence-electron chi connectivity index (χ0n) is 13.1. The molecular formula is C17H26FN3. The topological polar surface area (TPSA) is 28.2 Å². The minimum Gasteiger partial charge on any atom is -0.309 e. The van der Waals surface area contributed by atoms with Crippen molar-refractivity contribution >= 4 is 0 Å². The van der Waals surface area contributed by atoms with E-state index in [1.807, 2.05) is 6.07 Å². The average molecular weight is 291 g/mol. The molecule has 0 radical (unpaired) electrons. The number of rotatable bonds is 6. The third-order valence-corrected chi connectivity index (χ3v) is 5.11. The Balaban J connectivity index is 1.66. The molecule has 4 heteroatoms. The van der Waals surface area contributed by atoms with Gasteiger partial charge in [0.25, 0.3) is 0 Å². The maximum absolute atomic E-state index is 13.1. The van der Waals surface area contributed by atoms with Crippen molar-refractivity contribution in [3.8, 4) is 0 Å². The van der Waals surface area contributed by atoms with Gasteiger partial charge in [0.05, 0.1) is 17.9 Å². The second-order valence-electron chi connectivity index (χ2n) is 6.70. The molecule has 3 rings (SSSR count). The first kappa shape index (κ1) is 14.9. The molecule has 1 aromatic heterocycles. The van der Waals surface area contributed by atoms with Crippen molar-refractivity contribution in [1.29, 1.82) is 0 Å². The maximum atomic E-state index is 13.1. The number of pyridine rings is 1. The van der Waals surface area contributed by atoms with Gasteiger partial charge in [0.2, 0.25) is 0 Å². The van der Waals surface area contributed by atoms with E-state index in [1.54, 1.807) is 0 Å². The Kier molecular flexibility index (Phi) is 4.55. The second kappa shape index (κ2) is 6.41. The van der Waals surface area contributed by atoms with Crippen LogP contribution in [0.2, 0.25) is 0 Å². The van der Waals surface area contributed by atoms with E-state index in [4.69, 9.17) is 0 Å². The third kappa shape index (κ3) is 3.27. The minimum absolute atomic E-state index is 0.203. The molecule has 1 aromatic rings. The van der Waals surface area contributed by atoms with Crippen LogP contribution in [-0.4, -0.2) is 35.6 Å². The summed E-state index contributed by atoms with van der Waals surface area (Å²) in [4.78, 5) is 6.94. The summed E-state index contributed by atoms with van der Waals surface area (Å²) >= 11 is 0. The highest BCUT2D eigenvalue weighted by Gasteiger charge is 2.38. The van der Waals surface area contributed by atoms with Crippen LogP contribution in [0.15, 0.2) is 18.3 Å². The molecule has 4 unspecified atom stereocenters. The van der Waals surface area contributed by atoms with E-state index in [0.29, 0.717) is 5.92 Å². The maximum Gasteiger partial charge on any atom is 0.141 e. The second-order valence-corrected chi connectivity index (χ2v) is 6.70. The number of piperidine rings is 1. The SMILES string of the molecule is CCNC(c1ccc(F)cn1)C(C)CN1CC2CCC1C2. The molecule has 3 nitrogen and oxygen atoms in total. The van der Waals surface area contributed by atoms with Crippen LogP contribution in [0.25, 0.3) is 0 Å². The lowest BCUT2D eigenvalue weighted by molar-refractivity contribution is 0.168. The molecule has 1 aliphatic heterocycles. The summed E-state index contributed by atoms with van der Waals surface area (Å²) in [5, 5.41) is 3.52. The van der Waals surface area contributed by atoms with Crippen molar-refractivity contribution in [1.82, 2.24) is 15.2 Å². The van der Waals surface area contributed by atoms with Crippen molar-refractivity contribution in [3.63, 3.8) is 0 Å². The fourth-order valence-electron chi connectivity index (χ4n) is 4.11. The lowest BCUT2D eigenvalue weighted by Gasteiger charge is -2.33. The van der Waals surface area contributed by atoms with Gasteiger partial charge in [-0.05, 0) is 49.8 Å². The summed E-state index contributed by atoms with van der Waals surface area (Å²) in [5.74, 6) is 1.14. The molecule has 1 N–H and O–H groups in total. The monoisotopic (exact) mass is 291 g/mol. The van der Waals surface area contributed by atoms with Gasteiger partial charge in [0.1, 0.15) is 5.82 Å². The quantitative estimate of drug-likeness (QED) is 0.873. The molecule has 2 fully saturated rings. The van der Waals surface area contributed by atoms with Crippen molar-refractivity contribution < 1.29 is 4.39 Å². The first-order chi connectivity index (χ1) is 10.2. The minimum atomic E-state index is -0.265. The molecule has 4 atom stereocenters. The van der Waals surface area contributed by atoms with Crippen LogP contribution in [0, 0.1) is 17.7 Å². The molecule has 1 saturated heterocycles. The first-order valence-corrected chi connectivity index (χ1v) is 8.26. The van der Waals surface area contributed by atoms with Gasteiger partial charge < -0.3 is 5.32 Å². The van der Waals surface area contributed by atoms with Gasteiger partial charge in [-0.2, -0.15) is 0 Å². The standard InChI is InChI=1S/C17H26FN3/c1-3-19-17(16-7-5-14(18)9-20-16)12(2)10-21-11-13-4-6-15(21)8-13/h5,7,9,12-13,15,17,19H,3-4,6,8,10-11H2,1-2H3. The number of fused-ring (bicyclic) bond motifs is 2. The van der Waals surface area contributed by atoms with E-state index >= 15 is 0 Å². The van der Waals surface area contributed by atoms with Crippen LogP contribution in [0.4, 0.5) is 4.39 Å². The summed E-state index contributed by atoms with van der Waals surface area (Å²) in [5.41, 5.74) is 0.954. The molecule has 1 aliphatic carbocycles. The van der Waals surface area contributed by atoms with Crippen LogP contribution in [0.1, 0.15) is 44.8 Å². The first-order valence-electron chi connectivity index (χ1n) is 8.26. The van der Waals surface area contributed by atoms with E-state index in [1.165, 1.54) is 38.1 Å².